The minimum absolute atomic E-state index is 0.481. The summed E-state index contributed by atoms with van der Waals surface area (Å²) < 4.78 is 0. The number of halogens is 1. The Morgan fingerprint density at radius 1 is 1.44 bits per heavy atom. The lowest BCUT2D eigenvalue weighted by molar-refractivity contribution is 0.358. The van der Waals surface area contributed by atoms with E-state index >= 15 is 0 Å². The van der Waals surface area contributed by atoms with Crippen molar-refractivity contribution >= 4 is 22.9 Å². The van der Waals surface area contributed by atoms with Gasteiger partial charge in [-0.25, -0.2) is 0 Å². The van der Waals surface area contributed by atoms with E-state index in [9.17, 15) is 0 Å². The molecule has 102 valence electrons. The zero-order valence-electron chi connectivity index (χ0n) is 11.4. The fourth-order valence-electron chi connectivity index (χ4n) is 3.09. The Morgan fingerprint density at radius 3 is 2.83 bits per heavy atom. The second-order valence-corrected chi connectivity index (χ2v) is 6.77. The number of nitrogens with one attached hydrogen (secondary N) is 1. The van der Waals surface area contributed by atoms with E-state index in [1.165, 1.54) is 37.0 Å². The van der Waals surface area contributed by atoms with E-state index in [0.29, 0.717) is 6.04 Å². The van der Waals surface area contributed by atoms with Gasteiger partial charge in [-0.1, -0.05) is 38.3 Å². The molecule has 0 spiro atoms. The Hall–Kier alpha value is -0.0500. The minimum Gasteiger partial charge on any atom is -0.309 e. The molecule has 0 amide bonds. The summed E-state index contributed by atoms with van der Waals surface area (Å²) >= 11 is 8.14. The van der Waals surface area contributed by atoms with E-state index in [1.807, 2.05) is 17.4 Å². The lowest BCUT2D eigenvalue weighted by Crippen LogP contribution is -2.27. The van der Waals surface area contributed by atoms with Crippen molar-refractivity contribution in [1.82, 2.24) is 5.32 Å². The second-order valence-electron chi connectivity index (χ2n) is 5.41. The van der Waals surface area contributed by atoms with Crippen LogP contribution in [0.15, 0.2) is 11.4 Å². The summed E-state index contributed by atoms with van der Waals surface area (Å²) in [5.41, 5.74) is 0. The Kier molecular flexibility index (Phi) is 5.53. The molecule has 0 aliphatic heterocycles. The molecule has 3 unspecified atom stereocenters. The van der Waals surface area contributed by atoms with Gasteiger partial charge in [0, 0.05) is 10.9 Å². The van der Waals surface area contributed by atoms with Crippen LogP contribution < -0.4 is 5.32 Å². The van der Waals surface area contributed by atoms with Crippen LogP contribution in [0.5, 0.6) is 0 Å². The molecule has 1 saturated carbocycles. The molecule has 18 heavy (non-hydrogen) atoms. The Morgan fingerprint density at radius 2 is 2.28 bits per heavy atom. The molecule has 3 atom stereocenters. The van der Waals surface area contributed by atoms with E-state index in [-0.39, 0.29) is 0 Å². The fourth-order valence-corrected chi connectivity index (χ4v) is 4.43. The van der Waals surface area contributed by atoms with Crippen molar-refractivity contribution in [1.29, 1.82) is 0 Å². The first-order chi connectivity index (χ1) is 8.76. The molecule has 0 saturated heterocycles. The highest BCUT2D eigenvalue weighted by Crippen LogP contribution is 2.43. The van der Waals surface area contributed by atoms with Crippen LogP contribution >= 0.6 is 22.9 Å². The predicted molar refractivity (Wildman–Crippen MR) is 81.5 cm³/mol. The van der Waals surface area contributed by atoms with Crippen molar-refractivity contribution in [3.8, 4) is 0 Å². The van der Waals surface area contributed by atoms with Gasteiger partial charge in [0.15, 0.2) is 0 Å². The molecule has 2 rings (SSSR count). The van der Waals surface area contributed by atoms with Crippen molar-refractivity contribution in [2.24, 2.45) is 11.8 Å². The molecule has 1 aliphatic rings. The Bertz CT molecular complexity index is 363. The maximum absolute atomic E-state index is 6.33. The lowest BCUT2D eigenvalue weighted by atomic mass is 9.94. The predicted octanol–water partition coefficient (Wildman–Crippen LogP) is 5.27. The van der Waals surface area contributed by atoms with Gasteiger partial charge in [-0.3, -0.25) is 0 Å². The van der Waals surface area contributed by atoms with Crippen LogP contribution in [0.2, 0.25) is 5.02 Å². The number of thiophene rings is 1. The van der Waals surface area contributed by atoms with Gasteiger partial charge in [0.05, 0.1) is 5.02 Å². The molecule has 1 aliphatic carbocycles. The highest BCUT2D eigenvalue weighted by molar-refractivity contribution is 7.10. The van der Waals surface area contributed by atoms with E-state index in [4.69, 9.17) is 11.6 Å². The minimum atomic E-state index is 0.481. The van der Waals surface area contributed by atoms with Crippen LogP contribution in [-0.4, -0.2) is 6.54 Å². The summed E-state index contributed by atoms with van der Waals surface area (Å²) in [6.45, 7) is 5.63. The summed E-state index contributed by atoms with van der Waals surface area (Å²) in [5, 5.41) is 6.79. The molecule has 0 radical (unpaired) electrons. The summed E-state index contributed by atoms with van der Waals surface area (Å²) in [6.07, 6.45) is 6.63. The van der Waals surface area contributed by atoms with Crippen LogP contribution in [0.1, 0.15) is 56.9 Å². The van der Waals surface area contributed by atoms with Crippen molar-refractivity contribution < 1.29 is 0 Å². The quantitative estimate of drug-likeness (QED) is 0.751. The van der Waals surface area contributed by atoms with Crippen molar-refractivity contribution in [3.63, 3.8) is 0 Å². The molecule has 3 heteroatoms. The topological polar surface area (TPSA) is 12.0 Å². The van der Waals surface area contributed by atoms with Gasteiger partial charge in [0.2, 0.25) is 0 Å². The normalized spacial score (nSPS) is 25.5. The van der Waals surface area contributed by atoms with E-state index in [1.54, 1.807) is 0 Å². The maximum atomic E-state index is 6.33. The SMILES string of the molecule is CCCNC(c1sccc1Cl)C1CCC(CC)C1. The zero-order chi connectivity index (χ0) is 13.0. The zero-order valence-corrected chi connectivity index (χ0v) is 13.0. The third-order valence-corrected chi connectivity index (χ3v) is 5.61. The molecule has 1 N–H and O–H groups in total. The van der Waals surface area contributed by atoms with Gasteiger partial charge in [0.25, 0.3) is 0 Å². The lowest BCUT2D eigenvalue weighted by Gasteiger charge is -2.24. The summed E-state index contributed by atoms with van der Waals surface area (Å²) in [7, 11) is 0. The van der Waals surface area contributed by atoms with Gasteiger partial charge in [-0.2, -0.15) is 0 Å². The first-order valence-corrected chi connectivity index (χ1v) is 8.48. The van der Waals surface area contributed by atoms with Crippen molar-refractivity contribution in [2.45, 2.75) is 52.0 Å². The summed E-state index contributed by atoms with van der Waals surface area (Å²) in [6, 6.07) is 2.52. The van der Waals surface area contributed by atoms with Gasteiger partial charge < -0.3 is 5.32 Å². The van der Waals surface area contributed by atoms with Crippen molar-refractivity contribution in [2.75, 3.05) is 6.54 Å². The molecule has 1 aromatic rings. The number of hydrogen-bond donors (Lipinski definition) is 1. The molecule has 1 aromatic heterocycles. The van der Waals surface area contributed by atoms with Crippen molar-refractivity contribution in [3.05, 3.63) is 21.3 Å². The monoisotopic (exact) mass is 285 g/mol. The number of rotatable bonds is 6. The third kappa shape index (κ3) is 3.28. The van der Waals surface area contributed by atoms with Gasteiger partial charge in [0.1, 0.15) is 0 Å². The summed E-state index contributed by atoms with van der Waals surface area (Å²) in [5.74, 6) is 1.71. The van der Waals surface area contributed by atoms with E-state index < -0.39 is 0 Å². The molecule has 0 aromatic carbocycles. The van der Waals surface area contributed by atoms with E-state index in [2.05, 4.69) is 24.5 Å². The molecule has 1 nitrogen and oxygen atoms in total. The fraction of sp³-hybridized carbons (Fsp3) is 0.733. The Labute approximate surface area is 120 Å². The summed E-state index contributed by atoms with van der Waals surface area (Å²) in [4.78, 5) is 1.35. The molecule has 0 bridgehead atoms. The maximum Gasteiger partial charge on any atom is 0.0561 e. The van der Waals surface area contributed by atoms with Crippen LogP contribution in [0.3, 0.4) is 0 Å². The first kappa shape index (κ1) is 14.4. The Balaban J connectivity index is 2.08. The van der Waals surface area contributed by atoms with Crippen LogP contribution in [0.25, 0.3) is 0 Å². The molecular weight excluding hydrogens is 262 g/mol. The standard InChI is InChI=1S/C15H24ClNS/c1-3-8-17-14(15-13(16)7-9-18-15)12-6-5-11(4-2)10-12/h7,9,11-12,14,17H,3-6,8,10H2,1-2H3. The van der Waals surface area contributed by atoms with Gasteiger partial charge in [-0.05, 0) is 49.1 Å². The second kappa shape index (κ2) is 6.93. The van der Waals surface area contributed by atoms with Gasteiger partial charge in [-0.15, -0.1) is 11.3 Å². The molecule has 1 heterocycles. The molecular formula is C15H24ClNS. The smallest absolute Gasteiger partial charge is 0.0561 e. The highest BCUT2D eigenvalue weighted by Gasteiger charge is 2.32. The van der Waals surface area contributed by atoms with Crippen LogP contribution in [-0.2, 0) is 0 Å². The first-order valence-electron chi connectivity index (χ1n) is 7.22. The average Bonchev–Trinajstić information content (AvgIpc) is 3.00. The largest absolute Gasteiger partial charge is 0.309 e. The number of hydrogen-bond acceptors (Lipinski definition) is 2. The van der Waals surface area contributed by atoms with Crippen LogP contribution in [0.4, 0.5) is 0 Å². The molecule has 1 fully saturated rings. The average molecular weight is 286 g/mol. The van der Waals surface area contributed by atoms with Crippen LogP contribution in [0, 0.1) is 11.8 Å². The highest BCUT2D eigenvalue weighted by atomic mass is 35.5. The van der Waals surface area contributed by atoms with Gasteiger partial charge >= 0.3 is 0 Å². The third-order valence-electron chi connectivity index (χ3n) is 4.17. The van der Waals surface area contributed by atoms with E-state index in [0.717, 1.165) is 23.4 Å².